The molecule has 0 unspecified atom stereocenters. The summed E-state index contributed by atoms with van der Waals surface area (Å²) in [5.41, 5.74) is 1.52. The van der Waals surface area contributed by atoms with E-state index in [0.29, 0.717) is 23.0 Å². The van der Waals surface area contributed by atoms with Crippen LogP contribution in [0.1, 0.15) is 25.0 Å². The molecule has 0 aromatic heterocycles. The van der Waals surface area contributed by atoms with Gasteiger partial charge in [0, 0.05) is 11.6 Å². The highest BCUT2D eigenvalue weighted by Gasteiger charge is 2.09. The van der Waals surface area contributed by atoms with Gasteiger partial charge in [0.25, 0.3) is 0 Å². The van der Waals surface area contributed by atoms with Gasteiger partial charge in [0.2, 0.25) is 0 Å². The predicted molar refractivity (Wildman–Crippen MR) is 107 cm³/mol. The molecular weight excluding hydrogens is 360 g/mol. The molecule has 2 rings (SSSR count). The summed E-state index contributed by atoms with van der Waals surface area (Å²) >= 11 is 0. The summed E-state index contributed by atoms with van der Waals surface area (Å²) in [6.07, 6.45) is 3.07. The molecule has 0 aliphatic heterocycles. The maximum Gasteiger partial charge on any atom is 0.331 e. The van der Waals surface area contributed by atoms with Gasteiger partial charge in [0.15, 0.2) is 11.5 Å². The molecule has 2 aromatic rings. The third kappa shape index (κ3) is 5.94. The topological polar surface area (TPSA) is 63.2 Å². The fourth-order valence-electron chi connectivity index (χ4n) is 2.50. The van der Waals surface area contributed by atoms with E-state index in [9.17, 15) is 4.79 Å². The second-order valence-corrected chi connectivity index (χ2v) is 6.20. The highest BCUT2D eigenvalue weighted by atomic mass is 16.5. The van der Waals surface area contributed by atoms with Gasteiger partial charge in [0.05, 0.1) is 27.4 Å². The van der Waals surface area contributed by atoms with Crippen molar-refractivity contribution in [3.05, 3.63) is 53.6 Å². The highest BCUT2D eigenvalue weighted by molar-refractivity contribution is 5.87. The zero-order chi connectivity index (χ0) is 20.5. The third-order valence-electron chi connectivity index (χ3n) is 3.82. The lowest BCUT2D eigenvalue weighted by atomic mass is 10.2. The summed E-state index contributed by atoms with van der Waals surface area (Å²) in [5, 5.41) is 0. The summed E-state index contributed by atoms with van der Waals surface area (Å²) in [7, 11) is 4.71. The van der Waals surface area contributed by atoms with Crippen molar-refractivity contribution in [3.8, 4) is 23.0 Å². The van der Waals surface area contributed by atoms with Crippen molar-refractivity contribution in [2.24, 2.45) is 0 Å². The molecule has 0 heterocycles. The molecule has 0 atom stereocenters. The van der Waals surface area contributed by atoms with Crippen molar-refractivity contribution < 1.29 is 28.5 Å². The monoisotopic (exact) mass is 386 g/mol. The second kappa shape index (κ2) is 10.3. The number of hydrogen-bond donors (Lipinski definition) is 0. The number of hydrogen-bond acceptors (Lipinski definition) is 6. The first kappa shape index (κ1) is 21.2. The Morgan fingerprint density at radius 1 is 0.929 bits per heavy atom. The van der Waals surface area contributed by atoms with Gasteiger partial charge in [-0.05, 0) is 55.8 Å². The smallest absolute Gasteiger partial charge is 0.331 e. The average molecular weight is 386 g/mol. The van der Waals surface area contributed by atoms with Crippen molar-refractivity contribution in [2.45, 2.75) is 26.6 Å². The van der Waals surface area contributed by atoms with Gasteiger partial charge in [-0.1, -0.05) is 6.07 Å². The van der Waals surface area contributed by atoms with E-state index in [0.717, 1.165) is 11.1 Å². The molecular formula is C22H26O6. The van der Waals surface area contributed by atoms with Crippen LogP contribution in [0.15, 0.2) is 42.5 Å². The predicted octanol–water partition coefficient (Wildman–Crippen LogP) is 4.26. The summed E-state index contributed by atoms with van der Waals surface area (Å²) in [4.78, 5) is 12.1. The molecule has 0 aliphatic rings. The average Bonchev–Trinajstić information content (AvgIpc) is 2.70. The first-order valence-corrected chi connectivity index (χ1v) is 8.87. The van der Waals surface area contributed by atoms with E-state index in [-0.39, 0.29) is 12.7 Å². The van der Waals surface area contributed by atoms with Gasteiger partial charge in [0.1, 0.15) is 18.1 Å². The maximum absolute atomic E-state index is 12.1. The molecule has 6 nitrogen and oxygen atoms in total. The molecule has 0 N–H and O–H groups in total. The van der Waals surface area contributed by atoms with Crippen LogP contribution in [-0.2, 0) is 16.1 Å². The Morgan fingerprint density at radius 3 is 2.29 bits per heavy atom. The normalized spacial score (nSPS) is 10.8. The van der Waals surface area contributed by atoms with E-state index < -0.39 is 5.97 Å². The number of carbonyl (C=O) groups excluding carboxylic acids is 1. The van der Waals surface area contributed by atoms with Crippen LogP contribution in [0.3, 0.4) is 0 Å². The van der Waals surface area contributed by atoms with Crippen LogP contribution in [0.2, 0.25) is 0 Å². The van der Waals surface area contributed by atoms with Gasteiger partial charge in [-0.3, -0.25) is 0 Å². The zero-order valence-corrected chi connectivity index (χ0v) is 16.9. The Kier molecular flexibility index (Phi) is 7.75. The largest absolute Gasteiger partial charge is 0.497 e. The summed E-state index contributed by atoms with van der Waals surface area (Å²) < 4.78 is 26.8. The number of ether oxygens (including phenoxy) is 5. The van der Waals surface area contributed by atoms with Crippen LogP contribution in [0.5, 0.6) is 23.0 Å². The van der Waals surface area contributed by atoms with Crippen LogP contribution in [0.4, 0.5) is 0 Å². The molecule has 2 aromatic carbocycles. The molecule has 0 bridgehead atoms. The first-order chi connectivity index (χ1) is 13.5. The summed E-state index contributed by atoms with van der Waals surface area (Å²) in [6.45, 7) is 3.97. The molecule has 28 heavy (non-hydrogen) atoms. The summed E-state index contributed by atoms with van der Waals surface area (Å²) in [5.74, 6) is 2.08. The van der Waals surface area contributed by atoms with Gasteiger partial charge in [-0.15, -0.1) is 0 Å². The Hall–Kier alpha value is -3.15. The van der Waals surface area contributed by atoms with Crippen LogP contribution < -0.4 is 18.9 Å². The lowest BCUT2D eigenvalue weighted by molar-refractivity contribution is -0.138. The Labute approximate surface area is 165 Å². The minimum absolute atomic E-state index is 0.0406. The second-order valence-electron chi connectivity index (χ2n) is 6.20. The maximum atomic E-state index is 12.1. The Balaban J connectivity index is 2.02. The SMILES string of the molecule is COc1ccc(OC)c(COC(=O)/C=C/c2ccc(OC(C)C)c(OC)c2)c1. The van der Waals surface area contributed by atoms with Gasteiger partial charge in [-0.25, -0.2) is 4.79 Å². The molecule has 6 heteroatoms. The fraction of sp³-hybridized carbons (Fsp3) is 0.318. The minimum Gasteiger partial charge on any atom is -0.497 e. The lowest BCUT2D eigenvalue weighted by Crippen LogP contribution is -2.06. The van der Waals surface area contributed by atoms with Crippen LogP contribution >= 0.6 is 0 Å². The molecule has 150 valence electrons. The molecule has 0 radical (unpaired) electrons. The number of carbonyl (C=O) groups is 1. The van der Waals surface area contributed by atoms with E-state index in [1.54, 1.807) is 51.7 Å². The molecule has 0 amide bonds. The highest BCUT2D eigenvalue weighted by Crippen LogP contribution is 2.29. The molecule has 0 aliphatic carbocycles. The molecule has 0 fully saturated rings. The van der Waals surface area contributed by atoms with Crippen molar-refractivity contribution in [1.82, 2.24) is 0 Å². The van der Waals surface area contributed by atoms with E-state index in [1.807, 2.05) is 26.0 Å². The Bertz CT molecular complexity index is 826. The van der Waals surface area contributed by atoms with Crippen molar-refractivity contribution in [3.63, 3.8) is 0 Å². The van der Waals surface area contributed by atoms with E-state index in [2.05, 4.69) is 0 Å². The van der Waals surface area contributed by atoms with Crippen LogP contribution in [0.25, 0.3) is 6.08 Å². The van der Waals surface area contributed by atoms with Crippen LogP contribution in [0, 0.1) is 0 Å². The van der Waals surface area contributed by atoms with Crippen molar-refractivity contribution in [1.29, 1.82) is 0 Å². The minimum atomic E-state index is -0.466. The number of esters is 1. The third-order valence-corrected chi connectivity index (χ3v) is 3.82. The van der Waals surface area contributed by atoms with E-state index in [1.165, 1.54) is 6.08 Å². The quantitative estimate of drug-likeness (QED) is 0.474. The van der Waals surface area contributed by atoms with E-state index in [4.69, 9.17) is 23.7 Å². The summed E-state index contributed by atoms with van der Waals surface area (Å²) in [6, 6.07) is 10.8. The fourth-order valence-corrected chi connectivity index (χ4v) is 2.50. The molecule has 0 saturated heterocycles. The first-order valence-electron chi connectivity index (χ1n) is 8.87. The number of rotatable bonds is 9. The zero-order valence-electron chi connectivity index (χ0n) is 16.9. The number of benzene rings is 2. The van der Waals surface area contributed by atoms with Crippen molar-refractivity contribution >= 4 is 12.0 Å². The van der Waals surface area contributed by atoms with Gasteiger partial charge in [-0.2, -0.15) is 0 Å². The van der Waals surface area contributed by atoms with Crippen LogP contribution in [-0.4, -0.2) is 33.4 Å². The molecule has 0 spiro atoms. The molecule has 0 saturated carbocycles. The van der Waals surface area contributed by atoms with Gasteiger partial charge < -0.3 is 23.7 Å². The lowest BCUT2D eigenvalue weighted by Gasteiger charge is -2.13. The van der Waals surface area contributed by atoms with Gasteiger partial charge >= 0.3 is 5.97 Å². The number of methoxy groups -OCH3 is 3. The van der Waals surface area contributed by atoms with Crippen molar-refractivity contribution in [2.75, 3.05) is 21.3 Å². The van der Waals surface area contributed by atoms with E-state index >= 15 is 0 Å². The standard InChI is InChI=1S/C22H26O6/c1-15(2)28-20-9-6-16(12-21(20)26-5)7-11-22(23)27-14-17-13-18(24-3)8-10-19(17)25-4/h6-13,15H,14H2,1-5H3/b11-7+. The Morgan fingerprint density at radius 2 is 1.64 bits per heavy atom.